The van der Waals surface area contributed by atoms with Gasteiger partial charge in [0.2, 0.25) is 17.7 Å². The number of nitrogens with zero attached hydrogens (tertiary/aromatic N) is 3. The number of methoxy groups -OCH3 is 1. The monoisotopic (exact) mass is 596 g/mol. The van der Waals surface area contributed by atoms with E-state index in [1.54, 1.807) is 45.5 Å². The maximum Gasteiger partial charge on any atom is 0.249 e. The third kappa shape index (κ3) is 7.30. The van der Waals surface area contributed by atoms with Crippen LogP contribution in [0.2, 0.25) is 5.15 Å². The van der Waals surface area contributed by atoms with Crippen LogP contribution < -0.4 is 31.3 Å². The van der Waals surface area contributed by atoms with Gasteiger partial charge >= 0.3 is 0 Å². The Morgan fingerprint density at radius 1 is 1.17 bits per heavy atom. The van der Waals surface area contributed by atoms with E-state index in [0.717, 1.165) is 17.4 Å². The fourth-order valence-corrected chi connectivity index (χ4v) is 5.05. The van der Waals surface area contributed by atoms with Gasteiger partial charge in [0.15, 0.2) is 0 Å². The highest BCUT2D eigenvalue weighted by Crippen LogP contribution is 2.35. The number of benzene rings is 1. The summed E-state index contributed by atoms with van der Waals surface area (Å²) < 4.78 is 5.71. The van der Waals surface area contributed by atoms with E-state index < -0.39 is 35.4 Å². The summed E-state index contributed by atoms with van der Waals surface area (Å²) in [4.78, 5) is 52.3. The second-order valence-corrected chi connectivity index (χ2v) is 11.4. The number of hydrogen-bond donors (Lipinski definition) is 5. The standard InChI is InChI=1S/C29H37ClN8O4/c1-16(31-4)26(39)37-24(28(41)38-27(40)20-7-6-10-32-20)29(2,3)13-17-11-19-21(12-22(17)42-5)34-15-35-25(19)36-18-8-9-23(30)33-14-18/h8-9,11-12,14-16,20,24,31-32H,6-7,10,13H2,1-5H3,(H,37,39)(H,34,35,36)(H,38,40,41)/t16-,20-,24+/m0/s1. The molecular weight excluding hydrogens is 560 g/mol. The van der Waals surface area contributed by atoms with Crippen LogP contribution in [0.1, 0.15) is 39.2 Å². The number of imide groups is 1. The van der Waals surface area contributed by atoms with Crippen molar-refractivity contribution in [3.63, 3.8) is 0 Å². The lowest BCUT2D eigenvalue weighted by Gasteiger charge is -2.35. The first kappa shape index (κ1) is 31.1. The molecule has 224 valence electrons. The molecule has 0 radical (unpaired) electrons. The molecule has 3 amide bonds. The minimum atomic E-state index is -1.03. The van der Waals surface area contributed by atoms with Crippen LogP contribution >= 0.6 is 11.6 Å². The normalized spacial score (nSPS) is 16.5. The van der Waals surface area contributed by atoms with Crippen LogP contribution in [0.3, 0.4) is 0 Å². The number of rotatable bonds is 11. The Labute approximate surface area is 249 Å². The number of amides is 3. The van der Waals surface area contributed by atoms with Crippen molar-refractivity contribution in [2.24, 2.45) is 5.41 Å². The van der Waals surface area contributed by atoms with E-state index in [1.807, 2.05) is 19.9 Å². The summed E-state index contributed by atoms with van der Waals surface area (Å²) in [7, 11) is 3.22. The first-order valence-electron chi connectivity index (χ1n) is 13.8. The lowest BCUT2D eigenvalue weighted by Crippen LogP contribution is -2.59. The number of aromatic nitrogens is 3. The first-order valence-corrected chi connectivity index (χ1v) is 14.2. The Morgan fingerprint density at radius 3 is 2.60 bits per heavy atom. The summed E-state index contributed by atoms with van der Waals surface area (Å²) in [5, 5.41) is 15.7. The zero-order valence-corrected chi connectivity index (χ0v) is 25.1. The quantitative estimate of drug-likeness (QED) is 0.208. The molecule has 1 aliphatic heterocycles. The predicted octanol–water partition coefficient (Wildman–Crippen LogP) is 2.49. The summed E-state index contributed by atoms with van der Waals surface area (Å²) in [5.41, 5.74) is 1.24. The summed E-state index contributed by atoms with van der Waals surface area (Å²) in [5.74, 6) is -0.225. The Morgan fingerprint density at radius 2 is 1.95 bits per heavy atom. The van der Waals surface area contributed by atoms with Gasteiger partial charge in [-0.3, -0.25) is 19.7 Å². The summed E-state index contributed by atoms with van der Waals surface area (Å²) in [6, 6.07) is 5.15. The highest BCUT2D eigenvalue weighted by Gasteiger charge is 2.39. The van der Waals surface area contributed by atoms with E-state index in [0.29, 0.717) is 47.3 Å². The average Bonchev–Trinajstić information content (AvgIpc) is 3.51. The fraction of sp³-hybridized carbons (Fsp3) is 0.448. The highest BCUT2D eigenvalue weighted by atomic mass is 35.5. The molecule has 1 saturated heterocycles. The van der Waals surface area contributed by atoms with Crippen molar-refractivity contribution in [3.8, 4) is 5.75 Å². The molecule has 1 fully saturated rings. The average molecular weight is 597 g/mol. The molecule has 13 heteroatoms. The molecule has 1 aromatic carbocycles. The summed E-state index contributed by atoms with van der Waals surface area (Å²) in [6.45, 7) is 6.14. The molecular formula is C29H37ClN8O4. The van der Waals surface area contributed by atoms with E-state index in [-0.39, 0.29) is 5.91 Å². The van der Waals surface area contributed by atoms with Gasteiger partial charge in [0.05, 0.1) is 36.6 Å². The van der Waals surface area contributed by atoms with Crippen molar-refractivity contribution in [3.05, 3.63) is 47.5 Å². The van der Waals surface area contributed by atoms with Crippen molar-refractivity contribution in [1.82, 2.24) is 36.2 Å². The van der Waals surface area contributed by atoms with E-state index in [4.69, 9.17) is 16.3 Å². The number of halogens is 1. The number of carbonyl (C=O) groups excluding carboxylic acids is 3. The second-order valence-electron chi connectivity index (χ2n) is 11.0. The van der Waals surface area contributed by atoms with Crippen molar-refractivity contribution >= 4 is 51.7 Å². The predicted molar refractivity (Wildman–Crippen MR) is 161 cm³/mol. The van der Waals surface area contributed by atoms with Gasteiger partial charge < -0.3 is 26.0 Å². The number of fused-ring (bicyclic) bond motifs is 1. The van der Waals surface area contributed by atoms with E-state index in [2.05, 4.69) is 41.5 Å². The molecule has 0 aliphatic carbocycles. The molecule has 0 unspecified atom stereocenters. The lowest BCUT2D eigenvalue weighted by atomic mass is 9.77. The molecule has 12 nitrogen and oxygen atoms in total. The minimum absolute atomic E-state index is 0.311. The van der Waals surface area contributed by atoms with E-state index >= 15 is 0 Å². The number of carbonyl (C=O) groups is 3. The van der Waals surface area contributed by atoms with Crippen molar-refractivity contribution in [2.45, 2.75) is 58.2 Å². The molecule has 0 bridgehead atoms. The third-order valence-corrected chi connectivity index (χ3v) is 7.68. The third-order valence-electron chi connectivity index (χ3n) is 7.45. The molecule has 3 heterocycles. The number of pyridine rings is 1. The van der Waals surface area contributed by atoms with Gasteiger partial charge in [0.25, 0.3) is 0 Å². The van der Waals surface area contributed by atoms with Gasteiger partial charge in [0.1, 0.15) is 29.1 Å². The maximum atomic E-state index is 13.6. The molecule has 4 rings (SSSR count). The Balaban J connectivity index is 1.67. The smallest absolute Gasteiger partial charge is 0.249 e. The number of ether oxygens (including phenoxy) is 1. The Bertz CT molecular complexity index is 1440. The van der Waals surface area contributed by atoms with Gasteiger partial charge in [-0.05, 0) is 69.0 Å². The SMILES string of the molecule is CN[C@@H](C)C(=O)N[C@H](C(=O)NC(=O)[C@@H]1CCCN1)C(C)(C)Cc1cc2c(Nc3ccc(Cl)nc3)ncnc2cc1OC. The maximum absolute atomic E-state index is 13.6. The van der Waals surface area contributed by atoms with Crippen LogP contribution in [0, 0.1) is 5.41 Å². The van der Waals surface area contributed by atoms with Crippen molar-refractivity contribution in [2.75, 3.05) is 26.0 Å². The number of anilines is 2. The van der Waals surface area contributed by atoms with Gasteiger partial charge in [-0.2, -0.15) is 0 Å². The van der Waals surface area contributed by atoms with Gasteiger partial charge in [-0.15, -0.1) is 0 Å². The van der Waals surface area contributed by atoms with Crippen LogP contribution in [0.15, 0.2) is 36.8 Å². The van der Waals surface area contributed by atoms with Gasteiger partial charge in [-0.1, -0.05) is 25.4 Å². The van der Waals surface area contributed by atoms with Crippen LogP contribution in [0.4, 0.5) is 11.5 Å². The zero-order valence-electron chi connectivity index (χ0n) is 24.4. The van der Waals surface area contributed by atoms with Crippen molar-refractivity contribution < 1.29 is 19.1 Å². The Kier molecular flexibility index (Phi) is 9.92. The van der Waals surface area contributed by atoms with Crippen LogP contribution in [0.25, 0.3) is 10.9 Å². The van der Waals surface area contributed by atoms with Gasteiger partial charge in [-0.25, -0.2) is 15.0 Å². The molecule has 2 aromatic heterocycles. The molecule has 3 atom stereocenters. The van der Waals surface area contributed by atoms with Crippen LogP contribution in [0.5, 0.6) is 5.75 Å². The van der Waals surface area contributed by atoms with Crippen LogP contribution in [-0.2, 0) is 20.8 Å². The first-order chi connectivity index (χ1) is 20.0. The second kappa shape index (κ2) is 13.4. The molecule has 42 heavy (non-hydrogen) atoms. The number of nitrogens with one attached hydrogen (secondary N) is 5. The lowest BCUT2D eigenvalue weighted by molar-refractivity contribution is -0.137. The van der Waals surface area contributed by atoms with Gasteiger partial charge in [0, 0.05) is 11.5 Å². The molecule has 1 aliphatic rings. The molecule has 0 spiro atoms. The molecule has 3 aromatic rings. The highest BCUT2D eigenvalue weighted by molar-refractivity contribution is 6.29. The minimum Gasteiger partial charge on any atom is -0.496 e. The molecule has 0 saturated carbocycles. The topological polar surface area (TPSA) is 159 Å². The van der Waals surface area contributed by atoms with Crippen molar-refractivity contribution in [1.29, 1.82) is 0 Å². The fourth-order valence-electron chi connectivity index (χ4n) is 4.94. The number of likely N-dealkylation sites (N-methyl/N-ethyl adjacent to an activating group) is 1. The largest absolute Gasteiger partial charge is 0.496 e. The summed E-state index contributed by atoms with van der Waals surface area (Å²) >= 11 is 5.93. The van der Waals surface area contributed by atoms with E-state index in [9.17, 15) is 14.4 Å². The number of hydrogen-bond acceptors (Lipinski definition) is 10. The summed E-state index contributed by atoms with van der Waals surface area (Å²) in [6.07, 6.45) is 4.87. The Hall–Kier alpha value is -3.87. The zero-order chi connectivity index (χ0) is 30.4. The van der Waals surface area contributed by atoms with E-state index in [1.165, 1.54) is 6.33 Å². The van der Waals surface area contributed by atoms with Crippen LogP contribution in [-0.4, -0.2) is 71.5 Å². The molecule has 5 N–H and O–H groups in total.